The number of benzene rings is 1. The van der Waals surface area contributed by atoms with E-state index in [2.05, 4.69) is 16.1 Å². The highest BCUT2D eigenvalue weighted by Gasteiger charge is 2.52. The molecule has 0 saturated carbocycles. The van der Waals surface area contributed by atoms with E-state index in [4.69, 9.17) is 0 Å². The summed E-state index contributed by atoms with van der Waals surface area (Å²) < 4.78 is 0. The van der Waals surface area contributed by atoms with Gasteiger partial charge in [-0.15, -0.1) is 11.3 Å². The molecule has 5 amide bonds. The summed E-state index contributed by atoms with van der Waals surface area (Å²) in [6, 6.07) is 12.1. The number of rotatable bonds is 10. The molecule has 1 aliphatic heterocycles. The van der Waals surface area contributed by atoms with Crippen molar-refractivity contribution in [3.05, 3.63) is 58.3 Å². The fourth-order valence-corrected chi connectivity index (χ4v) is 4.18. The zero-order chi connectivity index (χ0) is 23.1. The van der Waals surface area contributed by atoms with E-state index in [9.17, 15) is 19.2 Å². The van der Waals surface area contributed by atoms with Gasteiger partial charge in [0.15, 0.2) is 0 Å². The number of amides is 5. The van der Waals surface area contributed by atoms with Crippen molar-refractivity contribution in [2.45, 2.75) is 32.4 Å². The predicted molar refractivity (Wildman–Crippen MR) is 120 cm³/mol. The second-order valence-corrected chi connectivity index (χ2v) is 8.42. The number of likely N-dealkylation sites (N-methyl/N-ethyl adjacent to an activating group) is 1. The summed E-state index contributed by atoms with van der Waals surface area (Å²) >= 11 is 1.55. The van der Waals surface area contributed by atoms with Gasteiger partial charge in [0.05, 0.1) is 19.6 Å². The van der Waals surface area contributed by atoms with E-state index < -0.39 is 23.4 Å². The standard InChI is InChI=1S/C22H27N5O4S/c1-3-22(16-9-6-5-7-10-16)20(30)27(21(31)24-22)25-19(29)15-26(4-2)14-18(28)23-13-17-11-8-12-32-17/h5-12H,3-4,13-15H2,1-2H3,(H,23,28)(H,24,31)(H,25,29)/t22-/m0/s1. The van der Waals surface area contributed by atoms with E-state index in [0.717, 1.165) is 9.89 Å². The van der Waals surface area contributed by atoms with Gasteiger partial charge < -0.3 is 10.6 Å². The topological polar surface area (TPSA) is 111 Å². The van der Waals surface area contributed by atoms with Gasteiger partial charge in [-0.2, -0.15) is 5.01 Å². The predicted octanol–water partition coefficient (Wildman–Crippen LogP) is 1.57. The summed E-state index contributed by atoms with van der Waals surface area (Å²) in [7, 11) is 0. The molecule has 2 aromatic rings. The molecular formula is C22H27N5O4S. The number of hydrazine groups is 1. The Morgan fingerprint density at radius 3 is 2.41 bits per heavy atom. The third-order valence-corrected chi connectivity index (χ3v) is 6.22. The summed E-state index contributed by atoms with van der Waals surface area (Å²) in [4.78, 5) is 53.0. The van der Waals surface area contributed by atoms with Crippen LogP contribution in [-0.2, 0) is 26.5 Å². The Hall–Kier alpha value is -3.24. The van der Waals surface area contributed by atoms with E-state index in [0.29, 0.717) is 25.1 Å². The van der Waals surface area contributed by atoms with Crippen LogP contribution in [0.1, 0.15) is 30.7 Å². The average Bonchev–Trinajstić information content (AvgIpc) is 3.40. The van der Waals surface area contributed by atoms with Crippen LogP contribution in [0.4, 0.5) is 4.79 Å². The number of thiophene rings is 1. The molecule has 10 heteroatoms. The molecule has 1 aromatic carbocycles. The first-order valence-electron chi connectivity index (χ1n) is 10.4. The molecule has 32 heavy (non-hydrogen) atoms. The molecule has 1 aromatic heterocycles. The molecule has 0 unspecified atom stereocenters. The molecular weight excluding hydrogens is 430 g/mol. The number of nitrogens with zero attached hydrogens (tertiary/aromatic N) is 2. The second kappa shape index (κ2) is 10.4. The minimum Gasteiger partial charge on any atom is -0.350 e. The molecule has 9 nitrogen and oxygen atoms in total. The zero-order valence-corrected chi connectivity index (χ0v) is 18.9. The minimum absolute atomic E-state index is 0.0261. The van der Waals surface area contributed by atoms with Crippen molar-refractivity contribution in [2.75, 3.05) is 19.6 Å². The van der Waals surface area contributed by atoms with E-state index in [1.54, 1.807) is 47.4 Å². The van der Waals surface area contributed by atoms with Gasteiger partial charge in [0.1, 0.15) is 5.54 Å². The summed E-state index contributed by atoms with van der Waals surface area (Å²) in [5.74, 6) is -1.31. The first-order valence-corrected chi connectivity index (χ1v) is 11.3. The van der Waals surface area contributed by atoms with Crippen LogP contribution >= 0.6 is 11.3 Å². The average molecular weight is 458 g/mol. The Kier molecular flexibility index (Phi) is 7.60. The lowest BCUT2D eigenvalue weighted by Gasteiger charge is -2.26. The van der Waals surface area contributed by atoms with Crippen LogP contribution in [0, 0.1) is 0 Å². The normalized spacial score (nSPS) is 18.0. The van der Waals surface area contributed by atoms with Crippen molar-refractivity contribution in [1.82, 2.24) is 26.0 Å². The Labute approximate surface area is 190 Å². The van der Waals surface area contributed by atoms with E-state index >= 15 is 0 Å². The highest BCUT2D eigenvalue weighted by Crippen LogP contribution is 2.31. The molecule has 0 aliphatic carbocycles. The maximum Gasteiger partial charge on any atom is 0.344 e. The Balaban J connectivity index is 1.57. The fourth-order valence-electron chi connectivity index (χ4n) is 3.54. The molecule has 1 aliphatic rings. The van der Waals surface area contributed by atoms with Crippen molar-refractivity contribution in [3.8, 4) is 0 Å². The van der Waals surface area contributed by atoms with Crippen LogP contribution in [0.3, 0.4) is 0 Å². The van der Waals surface area contributed by atoms with Crippen molar-refractivity contribution in [3.63, 3.8) is 0 Å². The van der Waals surface area contributed by atoms with Crippen molar-refractivity contribution in [1.29, 1.82) is 0 Å². The SMILES string of the molecule is CCN(CC(=O)NCc1cccs1)CC(=O)NN1C(=O)N[C@@](CC)(c2ccccc2)C1=O. The van der Waals surface area contributed by atoms with Gasteiger partial charge in [-0.1, -0.05) is 50.2 Å². The van der Waals surface area contributed by atoms with Gasteiger partial charge in [0, 0.05) is 4.88 Å². The quantitative estimate of drug-likeness (QED) is 0.469. The van der Waals surface area contributed by atoms with Crippen molar-refractivity contribution in [2.24, 2.45) is 0 Å². The third kappa shape index (κ3) is 5.14. The number of carbonyl (C=O) groups excluding carboxylic acids is 4. The van der Waals surface area contributed by atoms with Crippen molar-refractivity contribution < 1.29 is 19.2 Å². The van der Waals surface area contributed by atoms with Gasteiger partial charge in [-0.25, -0.2) is 4.79 Å². The van der Waals surface area contributed by atoms with Crippen LogP contribution < -0.4 is 16.1 Å². The molecule has 3 rings (SSSR count). The maximum atomic E-state index is 13.1. The third-order valence-electron chi connectivity index (χ3n) is 5.35. The van der Waals surface area contributed by atoms with Crippen LogP contribution in [0.25, 0.3) is 0 Å². The maximum absolute atomic E-state index is 13.1. The summed E-state index contributed by atoms with van der Waals surface area (Å²) in [6.07, 6.45) is 0.333. The molecule has 1 atom stereocenters. The molecule has 0 radical (unpaired) electrons. The Morgan fingerprint density at radius 1 is 1.06 bits per heavy atom. The number of urea groups is 1. The minimum atomic E-state index is -1.22. The molecule has 170 valence electrons. The van der Waals surface area contributed by atoms with Crippen LogP contribution in [0.15, 0.2) is 47.8 Å². The number of nitrogens with one attached hydrogen (secondary N) is 3. The molecule has 3 N–H and O–H groups in total. The molecule has 2 heterocycles. The summed E-state index contributed by atoms with van der Waals surface area (Å²) in [6.45, 7) is 4.39. The van der Waals surface area contributed by atoms with E-state index in [1.165, 1.54) is 0 Å². The van der Waals surface area contributed by atoms with Gasteiger partial charge in [-0.05, 0) is 30.0 Å². The molecule has 0 bridgehead atoms. The molecule has 1 fully saturated rings. The Bertz CT molecular complexity index is 966. The first-order chi connectivity index (χ1) is 15.4. The Morgan fingerprint density at radius 2 is 1.78 bits per heavy atom. The molecule has 1 saturated heterocycles. The largest absolute Gasteiger partial charge is 0.350 e. The van der Waals surface area contributed by atoms with E-state index in [-0.39, 0.29) is 19.0 Å². The van der Waals surface area contributed by atoms with Crippen molar-refractivity contribution >= 4 is 35.1 Å². The number of carbonyl (C=O) groups is 4. The number of hydrogen-bond acceptors (Lipinski definition) is 6. The van der Waals surface area contributed by atoms with Crippen LogP contribution in [-0.4, -0.2) is 53.3 Å². The highest BCUT2D eigenvalue weighted by atomic mass is 32.1. The summed E-state index contributed by atoms with van der Waals surface area (Å²) in [5, 5.41) is 8.19. The van der Waals surface area contributed by atoms with Gasteiger partial charge in [0.2, 0.25) is 5.91 Å². The van der Waals surface area contributed by atoms with Gasteiger partial charge in [0.25, 0.3) is 11.8 Å². The number of imide groups is 1. The lowest BCUT2D eigenvalue weighted by atomic mass is 9.87. The lowest BCUT2D eigenvalue weighted by Crippen LogP contribution is -2.51. The molecule has 0 spiro atoms. The zero-order valence-electron chi connectivity index (χ0n) is 18.1. The second-order valence-electron chi connectivity index (χ2n) is 7.39. The van der Waals surface area contributed by atoms with Gasteiger partial charge >= 0.3 is 6.03 Å². The van der Waals surface area contributed by atoms with Crippen LogP contribution in [0.5, 0.6) is 0 Å². The fraction of sp³-hybridized carbons (Fsp3) is 0.364. The summed E-state index contributed by atoms with van der Waals surface area (Å²) in [5.41, 5.74) is 1.81. The highest BCUT2D eigenvalue weighted by molar-refractivity contribution is 7.09. The van der Waals surface area contributed by atoms with Crippen LogP contribution in [0.2, 0.25) is 0 Å². The smallest absolute Gasteiger partial charge is 0.344 e. The lowest BCUT2D eigenvalue weighted by molar-refractivity contribution is -0.140. The monoisotopic (exact) mass is 457 g/mol. The first kappa shape index (κ1) is 23.4. The number of hydrogen-bond donors (Lipinski definition) is 3. The van der Waals surface area contributed by atoms with E-state index in [1.807, 2.05) is 30.5 Å². The van der Waals surface area contributed by atoms with Gasteiger partial charge in [-0.3, -0.25) is 24.7 Å².